The van der Waals surface area contributed by atoms with E-state index in [2.05, 4.69) is 6.58 Å². The minimum atomic E-state index is -0.512. The highest BCUT2D eigenvalue weighted by molar-refractivity contribution is 5.81. The monoisotopic (exact) mass is 298 g/mol. The number of rotatable bonds is 6. The SMILES string of the molecule is C=CC(=O)OC(c1ccc(OC)cc1)c1ccc(OC)cc1. The maximum absolute atomic E-state index is 11.6. The number of esters is 1. The molecule has 0 bridgehead atoms. The van der Waals surface area contributed by atoms with E-state index in [1.807, 2.05) is 48.5 Å². The lowest BCUT2D eigenvalue weighted by atomic mass is 10.0. The van der Waals surface area contributed by atoms with Gasteiger partial charge in [-0.3, -0.25) is 0 Å². The minimum Gasteiger partial charge on any atom is -0.497 e. The molecule has 0 aliphatic rings. The predicted octanol–water partition coefficient (Wildman–Crippen LogP) is 3.52. The molecule has 4 nitrogen and oxygen atoms in total. The van der Waals surface area contributed by atoms with E-state index in [1.54, 1.807) is 14.2 Å². The Morgan fingerprint density at radius 3 is 1.64 bits per heavy atom. The van der Waals surface area contributed by atoms with Crippen LogP contribution < -0.4 is 9.47 Å². The average Bonchev–Trinajstić information content (AvgIpc) is 2.59. The first-order valence-corrected chi connectivity index (χ1v) is 6.79. The van der Waals surface area contributed by atoms with E-state index in [0.29, 0.717) is 0 Å². The van der Waals surface area contributed by atoms with Gasteiger partial charge in [0.25, 0.3) is 0 Å². The molecule has 0 saturated heterocycles. The fourth-order valence-electron chi connectivity index (χ4n) is 2.05. The Morgan fingerprint density at radius 1 is 0.909 bits per heavy atom. The van der Waals surface area contributed by atoms with Crippen LogP contribution in [0.1, 0.15) is 17.2 Å². The van der Waals surface area contributed by atoms with Gasteiger partial charge in [0.05, 0.1) is 14.2 Å². The average molecular weight is 298 g/mol. The van der Waals surface area contributed by atoms with E-state index < -0.39 is 12.1 Å². The highest BCUT2D eigenvalue weighted by Crippen LogP contribution is 2.29. The molecule has 4 heteroatoms. The van der Waals surface area contributed by atoms with Gasteiger partial charge in [0, 0.05) is 6.08 Å². The van der Waals surface area contributed by atoms with Crippen molar-refractivity contribution < 1.29 is 19.0 Å². The number of carbonyl (C=O) groups excluding carboxylic acids is 1. The Kier molecular flexibility index (Phi) is 5.20. The molecule has 0 N–H and O–H groups in total. The normalized spacial score (nSPS) is 10.1. The van der Waals surface area contributed by atoms with Crippen molar-refractivity contribution in [1.29, 1.82) is 0 Å². The van der Waals surface area contributed by atoms with Gasteiger partial charge in [-0.15, -0.1) is 0 Å². The van der Waals surface area contributed by atoms with E-state index in [4.69, 9.17) is 14.2 Å². The number of hydrogen-bond acceptors (Lipinski definition) is 4. The second-order valence-electron chi connectivity index (χ2n) is 4.57. The number of ether oxygens (including phenoxy) is 3. The van der Waals surface area contributed by atoms with Crippen LogP contribution in [-0.2, 0) is 9.53 Å². The fourth-order valence-corrected chi connectivity index (χ4v) is 2.05. The molecule has 0 amide bonds. The van der Waals surface area contributed by atoms with E-state index >= 15 is 0 Å². The van der Waals surface area contributed by atoms with Crippen LogP contribution in [0.3, 0.4) is 0 Å². The quantitative estimate of drug-likeness (QED) is 0.604. The standard InChI is InChI=1S/C18H18O4/c1-4-17(19)22-18(13-5-9-15(20-2)10-6-13)14-7-11-16(21-3)12-8-14/h4-12,18H,1H2,2-3H3. The molecule has 114 valence electrons. The van der Waals surface area contributed by atoms with Crippen LogP contribution in [0.2, 0.25) is 0 Å². The van der Waals surface area contributed by atoms with Gasteiger partial charge in [-0.25, -0.2) is 4.79 Å². The summed E-state index contributed by atoms with van der Waals surface area (Å²) < 4.78 is 15.8. The van der Waals surface area contributed by atoms with Crippen LogP contribution in [-0.4, -0.2) is 20.2 Å². The summed E-state index contributed by atoms with van der Waals surface area (Å²) in [5.74, 6) is 1.01. The lowest BCUT2D eigenvalue weighted by Gasteiger charge is -2.18. The minimum absolute atomic E-state index is 0.475. The third kappa shape index (κ3) is 3.67. The van der Waals surface area contributed by atoms with Gasteiger partial charge >= 0.3 is 5.97 Å². The third-order valence-electron chi connectivity index (χ3n) is 3.24. The first-order valence-electron chi connectivity index (χ1n) is 6.79. The Balaban J connectivity index is 2.35. The number of benzene rings is 2. The first-order chi connectivity index (χ1) is 10.7. The zero-order valence-electron chi connectivity index (χ0n) is 12.6. The molecule has 0 atom stereocenters. The van der Waals surface area contributed by atoms with Crippen LogP contribution >= 0.6 is 0 Å². The Hall–Kier alpha value is -2.75. The lowest BCUT2D eigenvalue weighted by molar-refractivity contribution is -0.141. The van der Waals surface area contributed by atoms with Crippen LogP contribution in [0.25, 0.3) is 0 Å². The van der Waals surface area contributed by atoms with Gasteiger partial charge in [0.2, 0.25) is 0 Å². The summed E-state index contributed by atoms with van der Waals surface area (Å²) >= 11 is 0. The topological polar surface area (TPSA) is 44.8 Å². The van der Waals surface area contributed by atoms with E-state index in [-0.39, 0.29) is 0 Å². The highest BCUT2D eigenvalue weighted by atomic mass is 16.5. The van der Waals surface area contributed by atoms with Crippen LogP contribution in [0.15, 0.2) is 61.2 Å². The zero-order valence-corrected chi connectivity index (χ0v) is 12.6. The Labute approximate surface area is 129 Å². The van der Waals surface area contributed by atoms with Gasteiger partial charge in [-0.1, -0.05) is 30.8 Å². The summed E-state index contributed by atoms with van der Waals surface area (Å²) in [6.45, 7) is 3.44. The maximum Gasteiger partial charge on any atom is 0.331 e. The molecule has 2 aromatic carbocycles. The molecule has 0 aliphatic heterocycles. The Bertz CT molecular complexity index is 582. The van der Waals surface area contributed by atoms with Crippen molar-refractivity contribution in [2.75, 3.05) is 14.2 Å². The first kappa shape index (κ1) is 15.6. The largest absolute Gasteiger partial charge is 0.497 e. The van der Waals surface area contributed by atoms with Gasteiger partial charge in [-0.2, -0.15) is 0 Å². The van der Waals surface area contributed by atoms with Crippen molar-refractivity contribution in [3.8, 4) is 11.5 Å². The molecule has 0 heterocycles. The molecule has 0 spiro atoms. The van der Waals surface area contributed by atoms with Gasteiger partial charge in [0.1, 0.15) is 11.5 Å². The zero-order chi connectivity index (χ0) is 15.9. The van der Waals surface area contributed by atoms with Crippen LogP contribution in [0, 0.1) is 0 Å². The molecular formula is C18H18O4. The van der Waals surface area contributed by atoms with Crippen molar-refractivity contribution in [1.82, 2.24) is 0 Å². The number of methoxy groups -OCH3 is 2. The van der Waals surface area contributed by atoms with Crippen LogP contribution in [0.5, 0.6) is 11.5 Å². The molecule has 0 radical (unpaired) electrons. The van der Waals surface area contributed by atoms with Gasteiger partial charge in [0.15, 0.2) is 6.10 Å². The van der Waals surface area contributed by atoms with E-state index in [0.717, 1.165) is 28.7 Å². The molecule has 0 aromatic heterocycles. The van der Waals surface area contributed by atoms with Gasteiger partial charge in [-0.05, 0) is 35.4 Å². The summed E-state index contributed by atoms with van der Waals surface area (Å²) in [6.07, 6.45) is 0.641. The summed E-state index contributed by atoms with van der Waals surface area (Å²) in [5.41, 5.74) is 1.70. The fraction of sp³-hybridized carbons (Fsp3) is 0.167. The Morgan fingerprint density at radius 2 is 1.32 bits per heavy atom. The predicted molar refractivity (Wildman–Crippen MR) is 84.1 cm³/mol. The van der Waals surface area contributed by atoms with Gasteiger partial charge < -0.3 is 14.2 Å². The van der Waals surface area contributed by atoms with Crippen molar-refractivity contribution in [3.05, 3.63) is 72.3 Å². The molecule has 2 aromatic rings. The summed E-state index contributed by atoms with van der Waals surface area (Å²) in [4.78, 5) is 11.6. The molecule has 0 saturated carbocycles. The van der Waals surface area contributed by atoms with E-state index in [1.165, 1.54) is 0 Å². The van der Waals surface area contributed by atoms with Crippen molar-refractivity contribution in [2.45, 2.75) is 6.10 Å². The smallest absolute Gasteiger partial charge is 0.331 e. The maximum atomic E-state index is 11.6. The summed E-state index contributed by atoms with van der Waals surface area (Å²) in [7, 11) is 3.21. The van der Waals surface area contributed by atoms with Crippen molar-refractivity contribution in [3.63, 3.8) is 0 Å². The number of hydrogen-bond donors (Lipinski definition) is 0. The third-order valence-corrected chi connectivity index (χ3v) is 3.24. The summed E-state index contributed by atoms with van der Waals surface area (Å²) in [6, 6.07) is 14.8. The molecule has 2 rings (SSSR count). The highest BCUT2D eigenvalue weighted by Gasteiger charge is 2.18. The van der Waals surface area contributed by atoms with Crippen molar-refractivity contribution >= 4 is 5.97 Å². The molecule has 0 aliphatic carbocycles. The molecule has 0 unspecified atom stereocenters. The molecular weight excluding hydrogens is 280 g/mol. The van der Waals surface area contributed by atoms with E-state index in [9.17, 15) is 4.79 Å². The lowest BCUT2D eigenvalue weighted by Crippen LogP contribution is -2.10. The second-order valence-corrected chi connectivity index (χ2v) is 4.57. The van der Waals surface area contributed by atoms with Crippen molar-refractivity contribution in [2.24, 2.45) is 0 Å². The van der Waals surface area contributed by atoms with Crippen LogP contribution in [0.4, 0.5) is 0 Å². The number of carbonyl (C=O) groups is 1. The molecule has 0 fully saturated rings. The molecule has 22 heavy (non-hydrogen) atoms. The second kappa shape index (κ2) is 7.31. The summed E-state index contributed by atoms with van der Waals surface area (Å²) in [5, 5.41) is 0.